The molecular weight excluding hydrogens is 436 g/mol. The van der Waals surface area contributed by atoms with E-state index in [1.54, 1.807) is 6.92 Å². The molecule has 2 amide bonds. The van der Waals surface area contributed by atoms with E-state index >= 15 is 0 Å². The summed E-state index contributed by atoms with van der Waals surface area (Å²) in [5, 5.41) is 4.47. The summed E-state index contributed by atoms with van der Waals surface area (Å²) in [6.45, 7) is 5.44. The smallest absolute Gasteiger partial charge is 0.410 e. The SMILES string of the molecule is CCCCOC(=O)N(CCCc1ccc2c(n1)NCCC2)C(C)C(=O)N(C)OC.S=S. The number of nitrogens with zero attached hydrogens (tertiary/aromatic N) is 3. The largest absolute Gasteiger partial charge is 0.449 e. The van der Waals surface area contributed by atoms with Gasteiger partial charge >= 0.3 is 6.09 Å². The van der Waals surface area contributed by atoms with E-state index in [2.05, 4.69) is 33.8 Å². The molecule has 2 heterocycles. The molecule has 1 unspecified atom stereocenters. The molecule has 1 atom stereocenters. The third kappa shape index (κ3) is 8.62. The van der Waals surface area contributed by atoms with Crippen molar-refractivity contribution in [3.8, 4) is 0 Å². The Kier molecular flexibility index (Phi) is 13.1. The Hall–Kier alpha value is -1.91. The molecule has 1 aromatic rings. The molecule has 10 heteroatoms. The van der Waals surface area contributed by atoms with Gasteiger partial charge in [0.25, 0.3) is 5.91 Å². The number of hydrogen-bond donors (Lipinski definition) is 1. The molecule has 0 aromatic carbocycles. The fourth-order valence-corrected chi connectivity index (χ4v) is 3.25. The van der Waals surface area contributed by atoms with Crippen molar-refractivity contribution < 1.29 is 19.2 Å². The summed E-state index contributed by atoms with van der Waals surface area (Å²) in [5.41, 5.74) is 2.23. The number of anilines is 1. The second-order valence-electron chi connectivity index (χ2n) is 7.30. The molecule has 1 aliphatic heterocycles. The zero-order chi connectivity index (χ0) is 23.2. The Balaban J connectivity index is 0.00000233. The molecule has 0 spiro atoms. The fraction of sp³-hybridized carbons (Fsp3) is 0.667. The van der Waals surface area contributed by atoms with Crippen LogP contribution >= 0.6 is 0 Å². The summed E-state index contributed by atoms with van der Waals surface area (Å²) in [4.78, 5) is 36.2. The minimum Gasteiger partial charge on any atom is -0.449 e. The van der Waals surface area contributed by atoms with E-state index in [9.17, 15) is 9.59 Å². The molecule has 0 bridgehead atoms. The van der Waals surface area contributed by atoms with E-state index in [-0.39, 0.29) is 5.91 Å². The van der Waals surface area contributed by atoms with Gasteiger partial charge in [0.15, 0.2) is 0 Å². The molecule has 1 N–H and O–H groups in total. The molecule has 8 nitrogen and oxygen atoms in total. The quantitative estimate of drug-likeness (QED) is 0.413. The number of pyridine rings is 1. The van der Waals surface area contributed by atoms with Gasteiger partial charge in [-0.05, 0) is 50.7 Å². The van der Waals surface area contributed by atoms with Gasteiger partial charge in [0.05, 0.1) is 13.7 Å². The van der Waals surface area contributed by atoms with Crippen molar-refractivity contribution in [3.63, 3.8) is 0 Å². The van der Waals surface area contributed by atoms with Crippen LogP contribution in [0.2, 0.25) is 0 Å². The molecule has 174 valence electrons. The normalized spacial score (nSPS) is 13.0. The Bertz CT molecular complexity index is 708. The first kappa shape index (κ1) is 27.1. The number of ether oxygens (including phenoxy) is 1. The zero-order valence-corrected chi connectivity index (χ0v) is 20.5. The van der Waals surface area contributed by atoms with Crippen LogP contribution in [0.4, 0.5) is 10.6 Å². The summed E-state index contributed by atoms with van der Waals surface area (Å²) in [7, 11) is 2.95. The van der Waals surface area contributed by atoms with Gasteiger partial charge in [-0.3, -0.25) is 14.5 Å². The highest BCUT2D eigenvalue weighted by molar-refractivity contribution is 8.07. The second kappa shape index (κ2) is 15.0. The van der Waals surface area contributed by atoms with Crippen LogP contribution in [0, 0.1) is 0 Å². The number of carbonyl (C=O) groups excluding carboxylic acids is 2. The molecule has 0 radical (unpaired) electrons. The zero-order valence-electron chi connectivity index (χ0n) is 18.9. The average molecular weight is 471 g/mol. The van der Waals surface area contributed by atoms with E-state index in [0.717, 1.165) is 48.8 Å². The lowest BCUT2D eigenvalue weighted by atomic mass is 10.1. The number of amides is 2. The summed E-state index contributed by atoms with van der Waals surface area (Å²) in [6, 6.07) is 3.50. The Morgan fingerprint density at radius 2 is 2.03 bits per heavy atom. The first-order valence-corrected chi connectivity index (χ1v) is 12.0. The lowest BCUT2D eigenvalue weighted by molar-refractivity contribution is -0.173. The van der Waals surface area contributed by atoms with Gasteiger partial charge in [-0.25, -0.2) is 14.8 Å². The minimum atomic E-state index is -0.674. The van der Waals surface area contributed by atoms with E-state index < -0.39 is 12.1 Å². The van der Waals surface area contributed by atoms with Crippen LogP contribution in [-0.4, -0.2) is 66.8 Å². The Morgan fingerprint density at radius 3 is 2.71 bits per heavy atom. The molecule has 31 heavy (non-hydrogen) atoms. The van der Waals surface area contributed by atoms with Crippen molar-refractivity contribution in [1.82, 2.24) is 14.9 Å². The summed E-state index contributed by atoms with van der Waals surface area (Å²) in [5.74, 6) is 0.672. The number of fused-ring (bicyclic) bond motifs is 1. The van der Waals surface area contributed by atoms with E-state index in [1.807, 2.05) is 13.0 Å². The van der Waals surface area contributed by atoms with E-state index in [4.69, 9.17) is 14.6 Å². The number of nitrogens with one attached hydrogen (secondary N) is 1. The van der Waals surface area contributed by atoms with Gasteiger partial charge < -0.3 is 10.1 Å². The number of rotatable bonds is 10. The minimum absolute atomic E-state index is 0.295. The van der Waals surface area contributed by atoms with Gasteiger partial charge in [0, 0.05) is 48.2 Å². The monoisotopic (exact) mass is 470 g/mol. The first-order valence-electron chi connectivity index (χ1n) is 10.6. The van der Waals surface area contributed by atoms with Gasteiger partial charge in [-0.1, -0.05) is 19.4 Å². The van der Waals surface area contributed by atoms with Crippen LogP contribution in [0.25, 0.3) is 0 Å². The number of unbranched alkanes of at least 4 members (excludes halogenated alkanes) is 1. The van der Waals surface area contributed by atoms with Crippen LogP contribution in [-0.2, 0) is 49.6 Å². The Labute approximate surface area is 195 Å². The lowest BCUT2D eigenvalue weighted by Gasteiger charge is -2.29. The van der Waals surface area contributed by atoms with Crippen LogP contribution < -0.4 is 5.32 Å². The number of hydroxylamine groups is 2. The average Bonchev–Trinajstić information content (AvgIpc) is 2.81. The molecule has 0 saturated heterocycles. The van der Waals surface area contributed by atoms with Gasteiger partial charge in [0.1, 0.15) is 11.9 Å². The number of aryl methyl sites for hydroxylation is 2. The van der Waals surface area contributed by atoms with Crippen molar-refractivity contribution in [3.05, 3.63) is 23.4 Å². The highest BCUT2D eigenvalue weighted by Gasteiger charge is 2.29. The standard InChI is InChI=1S/C21H34N4O4.S2/c1-5-6-15-29-21(27)25(16(2)20(26)24(3)28-4)14-8-10-18-12-11-17-9-7-13-22-19(17)23-18;1-2/h11-12,16H,5-10,13-15H2,1-4H3,(H,22,23);. The third-order valence-corrected chi connectivity index (χ3v) is 5.15. The number of hydrogen-bond acceptors (Lipinski definition) is 8. The van der Waals surface area contributed by atoms with Crippen LogP contribution in [0.5, 0.6) is 0 Å². The van der Waals surface area contributed by atoms with Crippen molar-refractivity contribution in [2.24, 2.45) is 0 Å². The second-order valence-corrected chi connectivity index (χ2v) is 7.30. The maximum absolute atomic E-state index is 12.6. The molecule has 1 aliphatic rings. The first-order chi connectivity index (χ1) is 15.0. The molecule has 0 aliphatic carbocycles. The van der Waals surface area contributed by atoms with Gasteiger partial charge in [0.2, 0.25) is 0 Å². The highest BCUT2D eigenvalue weighted by Crippen LogP contribution is 2.20. The maximum Gasteiger partial charge on any atom is 0.410 e. The summed E-state index contributed by atoms with van der Waals surface area (Å²) in [6.07, 6.45) is 4.85. The predicted molar refractivity (Wildman–Crippen MR) is 126 cm³/mol. The van der Waals surface area contributed by atoms with E-state index in [1.165, 1.54) is 24.6 Å². The summed E-state index contributed by atoms with van der Waals surface area (Å²) >= 11 is 7.33. The van der Waals surface area contributed by atoms with Crippen LogP contribution in [0.15, 0.2) is 12.1 Å². The predicted octanol–water partition coefficient (Wildman–Crippen LogP) is 3.01. The fourth-order valence-electron chi connectivity index (χ4n) is 3.25. The van der Waals surface area contributed by atoms with Gasteiger partial charge in [-0.15, -0.1) is 0 Å². The van der Waals surface area contributed by atoms with E-state index in [0.29, 0.717) is 26.0 Å². The topological polar surface area (TPSA) is 84.0 Å². The molecular formula is C21H34N4O4S2. The Morgan fingerprint density at radius 1 is 1.29 bits per heavy atom. The number of carbonyl (C=O) groups is 2. The van der Waals surface area contributed by atoms with Crippen molar-refractivity contribution in [1.29, 1.82) is 0 Å². The van der Waals surface area contributed by atoms with Gasteiger partial charge in [-0.2, -0.15) is 0 Å². The number of aromatic nitrogens is 1. The molecule has 0 fully saturated rings. The van der Waals surface area contributed by atoms with Crippen molar-refractivity contribution >= 4 is 40.2 Å². The lowest BCUT2D eigenvalue weighted by Crippen LogP contribution is -2.49. The summed E-state index contributed by atoms with van der Waals surface area (Å²) < 4.78 is 5.36. The third-order valence-electron chi connectivity index (χ3n) is 5.15. The molecule has 2 rings (SSSR count). The number of likely N-dealkylation sites (N-methyl/N-ethyl adjacent to an activating group) is 1. The molecule has 1 aromatic heterocycles. The highest BCUT2D eigenvalue weighted by atomic mass is 32.8. The van der Waals surface area contributed by atoms with Crippen LogP contribution in [0.3, 0.4) is 0 Å². The van der Waals surface area contributed by atoms with Crippen molar-refractivity contribution in [2.45, 2.75) is 58.4 Å². The van der Waals surface area contributed by atoms with Crippen LogP contribution in [0.1, 0.15) is 50.8 Å². The maximum atomic E-state index is 12.6. The molecule has 0 saturated carbocycles. The van der Waals surface area contributed by atoms with Crippen molar-refractivity contribution in [2.75, 3.05) is 39.2 Å².